The Morgan fingerprint density at radius 3 is 2.63 bits per heavy atom. The molecule has 0 bridgehead atoms. The molecule has 0 aromatic carbocycles. The highest BCUT2D eigenvalue weighted by Gasteiger charge is 2.49. The predicted octanol–water partition coefficient (Wildman–Crippen LogP) is -0.820. The monoisotopic (exact) mass is 644 g/mol. The molecule has 0 saturated carbocycles. The van der Waals surface area contributed by atoms with E-state index in [9.17, 15) is 24.5 Å². The quantitative estimate of drug-likeness (QED) is 0.0958. The summed E-state index contributed by atoms with van der Waals surface area (Å²) >= 11 is 5.97. The van der Waals surface area contributed by atoms with Gasteiger partial charge in [0.2, 0.25) is 11.2 Å². The molecule has 2 saturated heterocycles. The first-order chi connectivity index (χ1) is 20.5. The zero-order valence-corrected chi connectivity index (χ0v) is 23.8. The predicted molar refractivity (Wildman–Crippen MR) is 144 cm³/mol. The van der Waals surface area contributed by atoms with Gasteiger partial charge in [-0.15, -0.1) is 0 Å². The Labute approximate surface area is 245 Å². The minimum atomic E-state index is -4.96. The number of phosphoric acid groups is 1. The molecular formula is C21H26ClN10O10P. The van der Waals surface area contributed by atoms with E-state index >= 15 is 0 Å². The largest absolute Gasteiger partial charge is 0.472 e. The molecule has 6 heterocycles. The van der Waals surface area contributed by atoms with Gasteiger partial charge >= 0.3 is 7.82 Å². The molecule has 0 aliphatic carbocycles. The number of ether oxygens (including phenoxy) is 3. The highest BCUT2D eigenvalue weighted by Crippen LogP contribution is 2.50. The molecule has 2 aliphatic heterocycles. The summed E-state index contributed by atoms with van der Waals surface area (Å²) in [4.78, 5) is 45.3. The van der Waals surface area contributed by atoms with Gasteiger partial charge in [-0.05, 0) is 18.5 Å². The number of anilines is 2. The summed E-state index contributed by atoms with van der Waals surface area (Å²) in [6.07, 6.45) is -6.01. The van der Waals surface area contributed by atoms with Gasteiger partial charge < -0.3 is 40.8 Å². The van der Waals surface area contributed by atoms with E-state index in [4.69, 9.17) is 46.3 Å². The standard InChI is InChI=1S/C21H26ClN10O10P/c1-2-38-7-3-9(31-5-25-10-14(23)27-20(22)28-15(10)31)40-8(7)4-39-43(36,37)42-13-12(33)19(35)41-18(13)32-6-26-11-16(32)29-21(24)30-17(11)34/h5-9,12-13,18-19,33,35H,2-4H2,1H3,(H,36,37)(H2,23,27,28)(H3,24,29,30,34)/t7-,8?,9-,12?,13?,18?,19?/m1/s1. The van der Waals surface area contributed by atoms with Crippen LogP contribution in [0, 0.1) is 0 Å². The molecule has 8 N–H and O–H groups in total. The summed E-state index contributed by atoms with van der Waals surface area (Å²) in [6.45, 7) is 1.61. The van der Waals surface area contributed by atoms with Gasteiger partial charge in [0, 0.05) is 13.0 Å². The first-order valence-corrected chi connectivity index (χ1v) is 14.6. The van der Waals surface area contributed by atoms with E-state index in [1.165, 1.54) is 6.33 Å². The number of fused-ring (bicyclic) bond motifs is 2. The number of aliphatic hydroxyl groups is 2. The molecule has 0 radical (unpaired) electrons. The Kier molecular flexibility index (Phi) is 7.84. The van der Waals surface area contributed by atoms with Crippen LogP contribution < -0.4 is 17.0 Å². The van der Waals surface area contributed by atoms with Crippen LogP contribution in [0.5, 0.6) is 0 Å². The van der Waals surface area contributed by atoms with Gasteiger partial charge in [-0.25, -0.2) is 14.5 Å². The molecule has 6 unspecified atom stereocenters. The van der Waals surface area contributed by atoms with Crippen molar-refractivity contribution in [1.82, 2.24) is 39.0 Å². The number of nitrogens with zero attached hydrogens (tertiary/aromatic N) is 7. The van der Waals surface area contributed by atoms with Crippen LogP contribution in [0.2, 0.25) is 5.28 Å². The Balaban J connectivity index is 1.19. The summed E-state index contributed by atoms with van der Waals surface area (Å²) in [5.74, 6) is -0.156. The van der Waals surface area contributed by atoms with E-state index in [-0.39, 0.29) is 34.6 Å². The van der Waals surface area contributed by atoms with E-state index in [1.54, 1.807) is 11.5 Å². The number of imidazole rings is 2. The zero-order chi connectivity index (χ0) is 30.6. The molecule has 4 aromatic heterocycles. The molecule has 2 aliphatic rings. The third kappa shape index (κ3) is 5.57. The second kappa shape index (κ2) is 11.3. The third-order valence-corrected chi connectivity index (χ3v) is 8.02. The van der Waals surface area contributed by atoms with Gasteiger partial charge in [0.05, 0.1) is 25.4 Å². The minimum Gasteiger partial charge on any atom is -0.385 e. The Hall–Kier alpha value is -3.30. The van der Waals surface area contributed by atoms with Crippen LogP contribution in [0.15, 0.2) is 17.4 Å². The maximum Gasteiger partial charge on any atom is 0.472 e. The molecular weight excluding hydrogens is 619 g/mol. The number of nitrogens with two attached hydrogens (primary N) is 2. The van der Waals surface area contributed by atoms with Crippen molar-refractivity contribution in [2.24, 2.45) is 0 Å². The number of hydrogen-bond acceptors (Lipinski definition) is 16. The molecule has 22 heteroatoms. The second-order valence-corrected chi connectivity index (χ2v) is 11.3. The molecule has 8 atom stereocenters. The Morgan fingerprint density at radius 1 is 1.14 bits per heavy atom. The van der Waals surface area contributed by atoms with Crippen LogP contribution in [-0.4, -0.2) is 98.1 Å². The molecule has 232 valence electrons. The second-order valence-electron chi connectivity index (χ2n) is 9.58. The topological polar surface area (TPSA) is 283 Å². The van der Waals surface area contributed by atoms with E-state index in [0.717, 1.165) is 10.9 Å². The molecule has 4 aromatic rings. The number of phosphoric ester groups is 1. The van der Waals surface area contributed by atoms with Crippen molar-refractivity contribution >= 4 is 53.5 Å². The molecule has 20 nitrogen and oxygen atoms in total. The van der Waals surface area contributed by atoms with E-state index < -0.39 is 63.2 Å². The maximum absolute atomic E-state index is 13.1. The molecule has 0 spiro atoms. The summed E-state index contributed by atoms with van der Waals surface area (Å²) in [5.41, 5.74) is 11.3. The van der Waals surface area contributed by atoms with E-state index in [0.29, 0.717) is 17.8 Å². The fraction of sp³-hybridized carbons (Fsp3) is 0.524. The van der Waals surface area contributed by atoms with Crippen molar-refractivity contribution in [3.63, 3.8) is 0 Å². The fourth-order valence-corrected chi connectivity index (χ4v) is 6.09. The molecule has 6 rings (SSSR count). The highest BCUT2D eigenvalue weighted by atomic mass is 35.5. The lowest BCUT2D eigenvalue weighted by Gasteiger charge is -2.25. The van der Waals surface area contributed by atoms with Crippen molar-refractivity contribution in [3.8, 4) is 0 Å². The highest BCUT2D eigenvalue weighted by molar-refractivity contribution is 7.47. The van der Waals surface area contributed by atoms with Gasteiger partial charge in [-0.2, -0.15) is 15.0 Å². The lowest BCUT2D eigenvalue weighted by Crippen LogP contribution is -2.34. The van der Waals surface area contributed by atoms with Gasteiger partial charge in [-0.1, -0.05) is 0 Å². The lowest BCUT2D eigenvalue weighted by molar-refractivity contribution is -0.141. The van der Waals surface area contributed by atoms with Crippen molar-refractivity contribution in [1.29, 1.82) is 0 Å². The number of nitrogens with one attached hydrogen (secondary N) is 1. The smallest absolute Gasteiger partial charge is 0.385 e. The average molecular weight is 645 g/mol. The fourth-order valence-electron chi connectivity index (χ4n) is 4.98. The molecule has 2 fully saturated rings. The van der Waals surface area contributed by atoms with Crippen LogP contribution in [-0.2, 0) is 27.8 Å². The SMILES string of the molecule is CCO[C@@H]1C[C@H](n2cnc3c(N)nc(Cl)nc32)OC1COP(=O)(O)OC1C(O)C(O)OC1n1cnc2c(=O)[nH]c(N)nc21. The summed E-state index contributed by atoms with van der Waals surface area (Å²) in [6, 6.07) is 0. The average Bonchev–Trinajstić information content (AvgIpc) is 3.70. The van der Waals surface area contributed by atoms with Gasteiger partial charge in [0.15, 0.2) is 35.1 Å². The van der Waals surface area contributed by atoms with Crippen molar-refractivity contribution < 1.29 is 42.9 Å². The number of hydrogen-bond donors (Lipinski definition) is 6. The Bertz CT molecular complexity index is 1770. The summed E-state index contributed by atoms with van der Waals surface area (Å²) in [7, 11) is -4.96. The van der Waals surface area contributed by atoms with Crippen molar-refractivity contribution in [2.45, 2.75) is 56.5 Å². The first-order valence-electron chi connectivity index (χ1n) is 12.8. The minimum absolute atomic E-state index is 0.0828. The van der Waals surface area contributed by atoms with E-state index in [1.807, 2.05) is 0 Å². The van der Waals surface area contributed by atoms with Crippen LogP contribution in [0.1, 0.15) is 25.8 Å². The zero-order valence-electron chi connectivity index (χ0n) is 22.1. The van der Waals surface area contributed by atoms with Crippen molar-refractivity contribution in [3.05, 3.63) is 28.3 Å². The van der Waals surface area contributed by atoms with Crippen LogP contribution in [0.4, 0.5) is 11.8 Å². The van der Waals surface area contributed by atoms with Crippen LogP contribution in [0.3, 0.4) is 0 Å². The first kappa shape index (κ1) is 29.8. The van der Waals surface area contributed by atoms with Crippen LogP contribution >= 0.6 is 19.4 Å². The number of aliphatic hydroxyl groups excluding tert-OH is 2. The maximum atomic E-state index is 13.1. The number of nitrogen functional groups attached to an aromatic ring is 2. The number of H-pyrrole nitrogens is 1. The number of aromatic amines is 1. The van der Waals surface area contributed by atoms with Gasteiger partial charge in [0.1, 0.15) is 30.1 Å². The number of halogens is 1. The van der Waals surface area contributed by atoms with Crippen molar-refractivity contribution in [2.75, 3.05) is 24.7 Å². The lowest BCUT2D eigenvalue weighted by atomic mass is 10.2. The number of rotatable bonds is 9. The summed E-state index contributed by atoms with van der Waals surface area (Å²) < 4.78 is 43.5. The Morgan fingerprint density at radius 2 is 1.86 bits per heavy atom. The molecule has 43 heavy (non-hydrogen) atoms. The van der Waals surface area contributed by atoms with E-state index in [2.05, 4.69) is 29.9 Å². The third-order valence-electron chi connectivity index (χ3n) is 6.86. The number of aromatic nitrogens is 8. The van der Waals surface area contributed by atoms with Crippen LogP contribution in [0.25, 0.3) is 22.3 Å². The normalized spacial score (nSPS) is 29.1. The van der Waals surface area contributed by atoms with Gasteiger partial charge in [-0.3, -0.25) is 28.0 Å². The molecule has 0 amide bonds. The van der Waals surface area contributed by atoms with Gasteiger partial charge in [0.25, 0.3) is 5.56 Å². The summed E-state index contributed by atoms with van der Waals surface area (Å²) in [5, 5.41) is 20.6.